The highest BCUT2D eigenvalue weighted by Crippen LogP contribution is 2.43. The van der Waals surface area contributed by atoms with Gasteiger partial charge in [0.25, 0.3) is 0 Å². The predicted octanol–water partition coefficient (Wildman–Crippen LogP) is 5.88. The monoisotopic (exact) mass is 572 g/mol. The number of rotatable bonds is 5. The summed E-state index contributed by atoms with van der Waals surface area (Å²) in [7, 11) is 0. The van der Waals surface area contributed by atoms with Gasteiger partial charge in [0.15, 0.2) is 11.0 Å². The van der Waals surface area contributed by atoms with Gasteiger partial charge in [-0.3, -0.25) is 5.10 Å². The lowest BCUT2D eigenvalue weighted by Crippen LogP contribution is -2.33. The number of hydrogen-bond acceptors (Lipinski definition) is 8. The number of aromatic hydroxyl groups is 1. The smallest absolute Gasteiger partial charge is 0.417 e. The zero-order chi connectivity index (χ0) is 27.1. The zero-order valence-corrected chi connectivity index (χ0v) is 21.6. The number of hydrogen-bond donors (Lipinski definition) is 3. The number of piperidine rings is 1. The lowest BCUT2D eigenvalue weighted by molar-refractivity contribution is -0.137. The third kappa shape index (κ3) is 5.06. The molecule has 0 saturated carbocycles. The molecule has 1 aliphatic heterocycles. The molecule has 1 saturated heterocycles. The number of tetrazole rings is 1. The summed E-state index contributed by atoms with van der Waals surface area (Å²) in [4.78, 5) is 6.80. The fourth-order valence-corrected chi connectivity index (χ4v) is 5.95. The van der Waals surface area contributed by atoms with Gasteiger partial charge >= 0.3 is 6.18 Å². The van der Waals surface area contributed by atoms with E-state index in [0.717, 1.165) is 29.8 Å². The molecule has 0 spiro atoms. The van der Waals surface area contributed by atoms with Crippen molar-refractivity contribution in [1.29, 1.82) is 0 Å². The summed E-state index contributed by atoms with van der Waals surface area (Å²) in [6.45, 7) is 1.31. The second-order valence-electron chi connectivity index (χ2n) is 9.14. The van der Waals surface area contributed by atoms with Crippen molar-refractivity contribution >= 4 is 50.6 Å². The Hall–Kier alpha value is -3.97. The molecule has 14 heteroatoms. The van der Waals surface area contributed by atoms with Crippen LogP contribution in [0.15, 0.2) is 42.6 Å². The number of aromatic nitrogens is 7. The maximum atomic E-state index is 13.9. The van der Waals surface area contributed by atoms with Crippen LogP contribution in [0, 0.1) is 0 Å². The molecule has 2 aromatic carbocycles. The molecule has 0 bridgehead atoms. The minimum Gasteiger partial charge on any atom is -0.492 e. The van der Waals surface area contributed by atoms with E-state index < -0.39 is 11.7 Å². The van der Waals surface area contributed by atoms with Gasteiger partial charge in [-0.05, 0) is 54.3 Å². The fraction of sp³-hybridized carbons (Fsp3) is 0.240. The van der Waals surface area contributed by atoms with Gasteiger partial charge in [-0.15, -0.1) is 10.2 Å². The van der Waals surface area contributed by atoms with Crippen molar-refractivity contribution in [2.45, 2.75) is 24.9 Å². The number of aromatic amines is 2. The highest BCUT2D eigenvalue weighted by atomic mass is 35.5. The molecule has 200 valence electrons. The first-order valence-electron chi connectivity index (χ1n) is 12.0. The van der Waals surface area contributed by atoms with Gasteiger partial charge in [0.1, 0.15) is 4.88 Å². The van der Waals surface area contributed by atoms with E-state index in [1.807, 2.05) is 11.0 Å². The van der Waals surface area contributed by atoms with Crippen LogP contribution >= 0.6 is 22.9 Å². The molecule has 1 fully saturated rings. The summed E-state index contributed by atoms with van der Waals surface area (Å²) in [5.41, 5.74) is 0.829. The van der Waals surface area contributed by atoms with Crippen LogP contribution in [0.2, 0.25) is 5.02 Å². The largest absolute Gasteiger partial charge is 0.492 e. The molecule has 0 radical (unpaired) electrons. The minimum atomic E-state index is -4.62. The number of thiazole rings is 1. The number of benzene rings is 2. The van der Waals surface area contributed by atoms with Crippen LogP contribution in [-0.2, 0) is 6.18 Å². The van der Waals surface area contributed by atoms with Gasteiger partial charge in [-0.25, -0.2) is 0 Å². The van der Waals surface area contributed by atoms with Crippen LogP contribution in [-0.4, -0.2) is 54.0 Å². The first-order chi connectivity index (χ1) is 18.8. The van der Waals surface area contributed by atoms with Gasteiger partial charge in [-0.2, -0.15) is 28.5 Å². The van der Waals surface area contributed by atoms with Crippen LogP contribution in [0.25, 0.3) is 22.6 Å². The van der Waals surface area contributed by atoms with Gasteiger partial charge in [0, 0.05) is 35.0 Å². The molecule has 0 amide bonds. The maximum absolute atomic E-state index is 13.9. The molecule has 0 aliphatic carbocycles. The summed E-state index contributed by atoms with van der Waals surface area (Å²) < 4.78 is 41.8. The Morgan fingerprint density at radius 2 is 1.97 bits per heavy atom. The van der Waals surface area contributed by atoms with Crippen LogP contribution in [0.5, 0.6) is 5.88 Å². The highest BCUT2D eigenvalue weighted by molar-refractivity contribution is 7.17. The van der Waals surface area contributed by atoms with Crippen LogP contribution in [0.1, 0.15) is 46.2 Å². The van der Waals surface area contributed by atoms with Crippen molar-refractivity contribution in [3.05, 3.63) is 75.0 Å². The Bertz CT molecular complexity index is 1660. The predicted molar refractivity (Wildman–Crippen MR) is 142 cm³/mol. The van der Waals surface area contributed by atoms with E-state index in [9.17, 15) is 18.3 Å². The Balaban J connectivity index is 1.41. The maximum Gasteiger partial charge on any atom is 0.417 e. The lowest BCUT2D eigenvalue weighted by Gasteiger charge is -2.30. The number of alkyl halides is 3. The number of nitrogens with one attached hydrogen (secondary N) is 2. The summed E-state index contributed by atoms with van der Waals surface area (Å²) in [6.07, 6.45) is -0.0323. The normalized spacial score (nSPS) is 15.4. The molecule has 0 atom stereocenters. The van der Waals surface area contributed by atoms with E-state index in [0.29, 0.717) is 40.1 Å². The van der Waals surface area contributed by atoms with Gasteiger partial charge in [-0.1, -0.05) is 40.3 Å². The zero-order valence-electron chi connectivity index (χ0n) is 20.1. The molecular weight excluding hydrogens is 553 g/mol. The van der Waals surface area contributed by atoms with Crippen molar-refractivity contribution < 1.29 is 18.3 Å². The topological polar surface area (TPSA) is 120 Å². The standard InChI is InChI=1S/C25H20ClF3N8OS/c26-17-3-1-15(19(11-17)25(27,28)29)10-18(14-2-4-20-16(9-14)12-30-32-20)21-23(38)31-24(39-21)37-7-5-13(6-8-37)22-33-35-36-34-22/h1-4,9-13,38H,5-8H2,(H,30,32)(H,33,34,35,36). The van der Waals surface area contributed by atoms with Crippen molar-refractivity contribution in [1.82, 2.24) is 35.8 Å². The molecule has 4 heterocycles. The van der Waals surface area contributed by atoms with Gasteiger partial charge in [0.05, 0.1) is 17.3 Å². The Labute approximate surface area is 228 Å². The second kappa shape index (κ2) is 9.97. The molecule has 39 heavy (non-hydrogen) atoms. The van der Waals surface area contributed by atoms with Crippen molar-refractivity contribution in [3.63, 3.8) is 0 Å². The SMILES string of the molecule is Oc1nc(N2CCC(c3nn[nH]n3)CC2)sc1C(=Cc1ccc(Cl)cc1C(F)(F)F)c1ccc2[nH]ncc2c1. The van der Waals surface area contributed by atoms with Gasteiger partial charge in [0.2, 0.25) is 5.88 Å². The molecule has 6 rings (SSSR count). The summed E-state index contributed by atoms with van der Waals surface area (Å²) in [6, 6.07) is 9.00. The number of H-pyrrole nitrogens is 2. The summed E-state index contributed by atoms with van der Waals surface area (Å²) >= 11 is 7.13. The number of anilines is 1. The number of fused-ring (bicyclic) bond motifs is 1. The summed E-state index contributed by atoms with van der Waals surface area (Å²) in [5, 5.41) is 33.5. The molecule has 5 aromatic rings. The van der Waals surface area contributed by atoms with E-state index in [1.54, 1.807) is 18.3 Å². The van der Waals surface area contributed by atoms with Crippen molar-refractivity contribution in [2.24, 2.45) is 0 Å². The molecular formula is C25H20ClF3N8OS. The Morgan fingerprint density at radius 1 is 1.15 bits per heavy atom. The number of halogens is 4. The first-order valence-corrected chi connectivity index (χ1v) is 13.2. The molecule has 1 aliphatic rings. The van der Waals surface area contributed by atoms with E-state index in [2.05, 4.69) is 35.8 Å². The quantitative estimate of drug-likeness (QED) is 0.225. The minimum absolute atomic E-state index is 0.0204. The second-order valence-corrected chi connectivity index (χ2v) is 10.6. The molecule has 9 nitrogen and oxygen atoms in total. The van der Waals surface area contributed by atoms with Crippen LogP contribution in [0.4, 0.5) is 18.3 Å². The summed E-state index contributed by atoms with van der Waals surface area (Å²) in [5.74, 6) is 0.577. The third-order valence-corrected chi connectivity index (χ3v) is 8.08. The highest BCUT2D eigenvalue weighted by Gasteiger charge is 2.34. The average molecular weight is 573 g/mol. The van der Waals surface area contributed by atoms with E-state index in [-0.39, 0.29) is 22.4 Å². The Morgan fingerprint density at radius 3 is 2.72 bits per heavy atom. The third-order valence-electron chi connectivity index (χ3n) is 6.71. The first kappa shape index (κ1) is 25.3. The molecule has 3 aromatic heterocycles. The number of nitrogens with zero attached hydrogens (tertiary/aromatic N) is 6. The van der Waals surface area contributed by atoms with E-state index >= 15 is 0 Å². The van der Waals surface area contributed by atoms with Crippen molar-refractivity contribution in [3.8, 4) is 5.88 Å². The lowest BCUT2D eigenvalue weighted by atomic mass is 9.96. The average Bonchev–Trinajstić information content (AvgIpc) is 3.68. The fourth-order valence-electron chi connectivity index (χ4n) is 4.73. The van der Waals surface area contributed by atoms with Crippen LogP contribution < -0.4 is 4.90 Å². The van der Waals surface area contributed by atoms with E-state index in [4.69, 9.17) is 11.6 Å². The Kier molecular flexibility index (Phi) is 6.47. The van der Waals surface area contributed by atoms with Crippen LogP contribution in [0.3, 0.4) is 0 Å². The molecule has 3 N–H and O–H groups in total. The molecule has 0 unspecified atom stereocenters. The van der Waals surface area contributed by atoms with Gasteiger partial charge < -0.3 is 10.0 Å². The van der Waals surface area contributed by atoms with E-state index in [1.165, 1.54) is 29.5 Å². The van der Waals surface area contributed by atoms with Crippen molar-refractivity contribution in [2.75, 3.05) is 18.0 Å².